The monoisotopic (exact) mass is 538 g/mol. The van der Waals surface area contributed by atoms with Crippen LogP contribution in [-0.4, -0.2) is 58.8 Å². The van der Waals surface area contributed by atoms with Gasteiger partial charge in [-0.3, -0.25) is 9.78 Å². The van der Waals surface area contributed by atoms with Crippen molar-refractivity contribution in [2.45, 2.75) is 38.8 Å². The molecule has 0 radical (unpaired) electrons. The molecule has 1 fully saturated rings. The number of fused-ring (bicyclic) bond motifs is 1. The lowest BCUT2D eigenvalue weighted by molar-refractivity contribution is 0.0188. The van der Waals surface area contributed by atoms with Crippen molar-refractivity contribution in [1.29, 1.82) is 0 Å². The van der Waals surface area contributed by atoms with Gasteiger partial charge in [-0.1, -0.05) is 11.6 Å². The van der Waals surface area contributed by atoms with Gasteiger partial charge >= 0.3 is 6.09 Å². The molecule has 2 aromatic rings. The van der Waals surface area contributed by atoms with Crippen LogP contribution < -0.4 is 15.6 Å². The lowest BCUT2D eigenvalue weighted by Crippen LogP contribution is -2.53. The molecule has 12 heteroatoms. The lowest BCUT2D eigenvalue weighted by Gasteiger charge is -2.34. The molecular formula is C19H22BrCl2FN4O4. The van der Waals surface area contributed by atoms with Crippen molar-refractivity contribution in [1.82, 2.24) is 20.2 Å². The zero-order chi connectivity index (χ0) is 22.9. The molecule has 0 bridgehead atoms. The number of nitrogens with one attached hydrogen (secondary N) is 2. The minimum atomic E-state index is -0.803. The Morgan fingerprint density at radius 3 is 2.77 bits per heavy atom. The summed E-state index contributed by atoms with van der Waals surface area (Å²) < 4.78 is 25.7. The van der Waals surface area contributed by atoms with Crippen molar-refractivity contribution in [3.8, 4) is 5.75 Å². The van der Waals surface area contributed by atoms with Crippen molar-refractivity contribution in [3.05, 3.63) is 30.9 Å². The highest BCUT2D eigenvalue weighted by Crippen LogP contribution is 2.40. The third kappa shape index (κ3) is 5.60. The number of hydrogen-bond donors (Lipinski definition) is 2. The zero-order valence-electron chi connectivity index (χ0n) is 17.2. The van der Waals surface area contributed by atoms with Crippen molar-refractivity contribution in [3.63, 3.8) is 0 Å². The van der Waals surface area contributed by atoms with Crippen molar-refractivity contribution in [2.24, 2.45) is 0 Å². The Morgan fingerprint density at radius 2 is 2.10 bits per heavy atom. The maximum Gasteiger partial charge on any atom is 0.410 e. The molecule has 0 saturated carbocycles. The maximum absolute atomic E-state index is 14.5. The Hall–Kier alpha value is -1.62. The van der Waals surface area contributed by atoms with E-state index in [2.05, 4.69) is 31.2 Å². The molecule has 2 heterocycles. The van der Waals surface area contributed by atoms with E-state index in [-0.39, 0.29) is 50.2 Å². The zero-order valence-corrected chi connectivity index (χ0v) is 20.3. The predicted octanol–water partition coefficient (Wildman–Crippen LogP) is 4.11. The number of halogens is 4. The lowest BCUT2D eigenvalue weighted by atomic mass is 10.1. The molecule has 0 spiro atoms. The van der Waals surface area contributed by atoms with Crippen LogP contribution in [-0.2, 0) is 4.74 Å². The van der Waals surface area contributed by atoms with Gasteiger partial charge in [0.1, 0.15) is 21.5 Å². The average molecular weight is 540 g/mol. The number of carbonyl (C=O) groups is 1. The van der Waals surface area contributed by atoms with Crippen LogP contribution in [0, 0.1) is 5.82 Å². The Labute approximate surface area is 196 Å². The molecular weight excluding hydrogens is 518 g/mol. The molecule has 3 rings (SSSR count). The fraction of sp³-hybridized carbons (Fsp3) is 0.526. The molecule has 1 amide bonds. The van der Waals surface area contributed by atoms with E-state index in [1.165, 1.54) is 0 Å². The van der Waals surface area contributed by atoms with Gasteiger partial charge < -0.3 is 19.7 Å². The van der Waals surface area contributed by atoms with E-state index < -0.39 is 17.0 Å². The van der Waals surface area contributed by atoms with E-state index in [1.54, 1.807) is 4.90 Å². The third-order valence-electron chi connectivity index (χ3n) is 4.53. The number of benzene rings is 1. The quantitative estimate of drug-likeness (QED) is 0.448. The summed E-state index contributed by atoms with van der Waals surface area (Å²) in [4.78, 5) is 32.5. The average Bonchev–Trinajstić information content (AvgIpc) is 2.68. The normalized spacial score (nSPS) is 17.1. The van der Waals surface area contributed by atoms with Gasteiger partial charge in [0.15, 0.2) is 11.6 Å². The number of rotatable bonds is 4. The van der Waals surface area contributed by atoms with Gasteiger partial charge in [-0.2, -0.15) is 0 Å². The van der Waals surface area contributed by atoms with Crippen LogP contribution in [0.2, 0.25) is 10.3 Å². The molecule has 1 aromatic heterocycles. The van der Waals surface area contributed by atoms with Gasteiger partial charge in [-0.15, -0.1) is 0 Å². The minimum Gasteiger partial charge on any atom is -0.491 e. The third-order valence-corrected chi connectivity index (χ3v) is 6.04. The van der Waals surface area contributed by atoms with Crippen molar-refractivity contribution in [2.75, 3.05) is 26.2 Å². The molecule has 1 aliphatic heterocycles. The van der Waals surface area contributed by atoms with E-state index >= 15 is 0 Å². The number of aromatic nitrogens is 2. The Bertz CT molecular complexity index is 1060. The summed E-state index contributed by atoms with van der Waals surface area (Å²) in [7, 11) is 0. The van der Waals surface area contributed by atoms with Gasteiger partial charge in [0.05, 0.1) is 11.1 Å². The first kappa shape index (κ1) is 24.0. The number of aromatic amines is 1. The molecule has 1 atom stereocenters. The van der Waals surface area contributed by atoms with Crippen LogP contribution in [0.1, 0.15) is 27.2 Å². The first-order valence-electron chi connectivity index (χ1n) is 9.58. The topological polar surface area (TPSA) is 96.5 Å². The van der Waals surface area contributed by atoms with Gasteiger partial charge in [0, 0.05) is 25.7 Å². The fourth-order valence-corrected chi connectivity index (χ4v) is 3.95. The van der Waals surface area contributed by atoms with E-state index in [4.69, 9.17) is 32.7 Å². The van der Waals surface area contributed by atoms with Gasteiger partial charge in [0.25, 0.3) is 5.56 Å². The highest BCUT2D eigenvalue weighted by atomic mass is 79.9. The second-order valence-corrected chi connectivity index (χ2v) is 9.59. The fourth-order valence-electron chi connectivity index (χ4n) is 3.17. The number of hydrogen-bond acceptors (Lipinski definition) is 6. The second kappa shape index (κ2) is 9.48. The Morgan fingerprint density at radius 1 is 1.39 bits per heavy atom. The second-order valence-electron chi connectivity index (χ2n) is 8.07. The number of carbonyl (C=O) groups excluding carboxylic acids is 1. The molecule has 1 saturated heterocycles. The maximum atomic E-state index is 14.5. The first-order valence-corrected chi connectivity index (χ1v) is 11.1. The summed E-state index contributed by atoms with van der Waals surface area (Å²) in [6, 6.07) is -0.0546. The number of ether oxygens (including phenoxy) is 2. The van der Waals surface area contributed by atoms with Crippen molar-refractivity contribution < 1.29 is 18.7 Å². The number of amides is 1. The summed E-state index contributed by atoms with van der Waals surface area (Å²) in [5.41, 5.74) is -1.48. The Balaban J connectivity index is 1.72. The number of nitrogens with zero attached hydrogens (tertiary/aromatic N) is 2. The smallest absolute Gasteiger partial charge is 0.410 e. The van der Waals surface area contributed by atoms with E-state index in [1.807, 2.05) is 20.8 Å². The first-order chi connectivity index (χ1) is 14.5. The predicted molar refractivity (Wildman–Crippen MR) is 120 cm³/mol. The van der Waals surface area contributed by atoms with Crippen LogP contribution in [0.4, 0.5) is 9.18 Å². The number of piperazine rings is 1. The summed E-state index contributed by atoms with van der Waals surface area (Å²) >= 11 is 15.0. The molecule has 1 aliphatic rings. The molecule has 0 aliphatic carbocycles. The van der Waals surface area contributed by atoms with Crippen LogP contribution in [0.5, 0.6) is 5.75 Å². The molecule has 31 heavy (non-hydrogen) atoms. The van der Waals surface area contributed by atoms with Gasteiger partial charge in [-0.25, -0.2) is 14.2 Å². The minimum absolute atomic E-state index is 0.00941. The Kier molecular flexibility index (Phi) is 7.35. The summed E-state index contributed by atoms with van der Waals surface area (Å²) in [5.74, 6) is -0.794. The molecule has 170 valence electrons. The van der Waals surface area contributed by atoms with Gasteiger partial charge in [-0.05, 0) is 54.7 Å². The van der Waals surface area contributed by atoms with E-state index in [9.17, 15) is 14.0 Å². The number of H-pyrrole nitrogens is 1. The molecule has 1 aromatic carbocycles. The summed E-state index contributed by atoms with van der Waals surface area (Å²) in [6.45, 7) is 7.20. The highest BCUT2D eigenvalue weighted by molar-refractivity contribution is 9.10. The van der Waals surface area contributed by atoms with Crippen LogP contribution in [0.15, 0.2) is 9.27 Å². The van der Waals surface area contributed by atoms with E-state index in [0.717, 1.165) is 0 Å². The van der Waals surface area contributed by atoms with Crippen LogP contribution in [0.3, 0.4) is 0 Å². The molecule has 0 unspecified atom stereocenters. The van der Waals surface area contributed by atoms with Crippen LogP contribution in [0.25, 0.3) is 10.9 Å². The standard InChI is InChI=1S/C19H22BrCl2FN4O4/c1-19(2,3)31-18(29)27-6-5-24-9(8-27)4-7-30-15-10-14(13(23)11(20)12(15)21)25-17(22)26-16(10)28/h9,24H,4-8H2,1-3H3,(H,25,26,28)/t9-/m0/s1. The van der Waals surface area contributed by atoms with Crippen LogP contribution >= 0.6 is 39.1 Å². The van der Waals surface area contributed by atoms with Crippen molar-refractivity contribution >= 4 is 56.1 Å². The largest absolute Gasteiger partial charge is 0.491 e. The van der Waals surface area contributed by atoms with E-state index in [0.29, 0.717) is 26.1 Å². The summed E-state index contributed by atoms with van der Waals surface area (Å²) in [6.07, 6.45) is 0.135. The molecule has 8 nitrogen and oxygen atoms in total. The SMILES string of the molecule is CC(C)(C)OC(=O)N1CCN[C@@H](CCOc2c(Cl)c(Br)c(F)c3nc(Cl)[nH]c(=O)c23)C1. The summed E-state index contributed by atoms with van der Waals surface area (Å²) in [5, 5.41) is 2.87. The van der Waals surface area contributed by atoms with Gasteiger partial charge in [0.2, 0.25) is 5.28 Å². The highest BCUT2D eigenvalue weighted by Gasteiger charge is 2.28. The molecule has 2 N–H and O–H groups in total.